The van der Waals surface area contributed by atoms with E-state index in [0.717, 1.165) is 13.1 Å². The van der Waals surface area contributed by atoms with Crippen molar-refractivity contribution in [2.45, 2.75) is 122 Å². The second-order valence-electron chi connectivity index (χ2n) is 7.50. The summed E-state index contributed by atoms with van der Waals surface area (Å²) in [6, 6.07) is 0. The summed E-state index contributed by atoms with van der Waals surface area (Å²) >= 11 is 0. The normalized spacial score (nSPS) is 11.0. The summed E-state index contributed by atoms with van der Waals surface area (Å²) in [7, 11) is 0. The summed E-state index contributed by atoms with van der Waals surface area (Å²) in [6.07, 6.45) is 28.0. The van der Waals surface area contributed by atoms with Gasteiger partial charge in [0.1, 0.15) is 0 Å². The van der Waals surface area contributed by atoms with Crippen LogP contribution in [0.2, 0.25) is 0 Å². The molecule has 1 nitrogen and oxygen atoms in total. The molecule has 0 bridgehead atoms. The molecule has 1 heteroatoms. The molecule has 0 aliphatic rings. The zero-order chi connectivity index (χ0) is 17.6. The first-order valence-electron chi connectivity index (χ1n) is 11.2. The maximum atomic E-state index is 3.72. The smallest absolute Gasteiger partial charge is 0.0132 e. The highest BCUT2D eigenvalue weighted by atomic mass is 14.8. The first-order valence-corrected chi connectivity index (χ1v) is 11.2. The summed E-state index contributed by atoms with van der Waals surface area (Å²) < 4.78 is 0. The first kappa shape index (κ1) is 23.7. The van der Waals surface area contributed by atoms with Crippen LogP contribution in [0.4, 0.5) is 0 Å². The van der Waals surface area contributed by atoms with Gasteiger partial charge in [0.2, 0.25) is 0 Å². The lowest BCUT2D eigenvalue weighted by atomic mass is 10.0. The van der Waals surface area contributed by atoms with Gasteiger partial charge >= 0.3 is 0 Å². The van der Waals surface area contributed by atoms with Crippen LogP contribution >= 0.6 is 0 Å². The Kier molecular flexibility index (Phi) is 22.4. The molecule has 0 spiro atoms. The molecule has 0 amide bonds. The molecule has 0 saturated carbocycles. The molecule has 0 aromatic heterocycles. The molecule has 0 atom stereocenters. The van der Waals surface area contributed by atoms with Crippen molar-refractivity contribution >= 4 is 0 Å². The predicted molar refractivity (Wildman–Crippen MR) is 112 cm³/mol. The predicted octanol–water partition coefficient (Wildman–Crippen LogP) is 7.80. The van der Waals surface area contributed by atoms with Gasteiger partial charge in [-0.25, -0.2) is 0 Å². The van der Waals surface area contributed by atoms with Gasteiger partial charge in [-0.15, -0.1) is 6.58 Å². The Morgan fingerprint density at radius 3 is 1.21 bits per heavy atom. The third-order valence-electron chi connectivity index (χ3n) is 5.00. The minimum Gasteiger partial charge on any atom is -0.313 e. The van der Waals surface area contributed by atoms with Crippen LogP contribution in [0.15, 0.2) is 12.7 Å². The fourth-order valence-electron chi connectivity index (χ4n) is 3.36. The van der Waals surface area contributed by atoms with Gasteiger partial charge < -0.3 is 5.32 Å². The van der Waals surface area contributed by atoms with E-state index in [4.69, 9.17) is 0 Å². The Labute approximate surface area is 154 Å². The Bertz CT molecular complexity index is 224. The summed E-state index contributed by atoms with van der Waals surface area (Å²) in [5.74, 6) is 0. The average molecular weight is 338 g/mol. The van der Waals surface area contributed by atoms with Gasteiger partial charge in [-0.05, 0) is 13.0 Å². The summed E-state index contributed by atoms with van der Waals surface area (Å²) in [6.45, 7) is 8.13. The van der Waals surface area contributed by atoms with Crippen LogP contribution in [0.25, 0.3) is 0 Å². The van der Waals surface area contributed by atoms with Crippen molar-refractivity contribution in [1.29, 1.82) is 0 Å². The molecule has 0 aromatic rings. The lowest BCUT2D eigenvalue weighted by molar-refractivity contribution is 0.523. The molecule has 0 heterocycles. The van der Waals surface area contributed by atoms with Crippen LogP contribution < -0.4 is 5.32 Å². The Balaban J connectivity index is 2.94. The zero-order valence-electron chi connectivity index (χ0n) is 16.9. The van der Waals surface area contributed by atoms with Crippen molar-refractivity contribution in [3.63, 3.8) is 0 Å². The summed E-state index contributed by atoms with van der Waals surface area (Å²) in [5, 5.41) is 3.37. The highest BCUT2D eigenvalue weighted by molar-refractivity contribution is 4.69. The van der Waals surface area contributed by atoms with Gasteiger partial charge in [0.05, 0.1) is 0 Å². The third kappa shape index (κ3) is 21.7. The number of hydrogen-bond acceptors (Lipinski definition) is 1. The highest BCUT2D eigenvalue weighted by Crippen LogP contribution is 2.14. The standard InChI is InChI=1S/C23H47N/c1-3-5-6-7-8-9-10-11-12-13-14-15-16-17-18-19-20-21-23-24-22-4-2/h4,24H,2-3,5-23H2,1H3. The van der Waals surface area contributed by atoms with Crippen molar-refractivity contribution < 1.29 is 0 Å². The van der Waals surface area contributed by atoms with E-state index in [-0.39, 0.29) is 0 Å². The van der Waals surface area contributed by atoms with Crippen LogP contribution in [0, 0.1) is 0 Å². The van der Waals surface area contributed by atoms with E-state index < -0.39 is 0 Å². The van der Waals surface area contributed by atoms with Crippen molar-refractivity contribution in [1.82, 2.24) is 5.32 Å². The minimum atomic E-state index is 0.957. The Morgan fingerprint density at radius 1 is 0.542 bits per heavy atom. The molecule has 0 rings (SSSR count). The summed E-state index contributed by atoms with van der Waals surface area (Å²) in [4.78, 5) is 0. The van der Waals surface area contributed by atoms with E-state index >= 15 is 0 Å². The molecular weight excluding hydrogens is 290 g/mol. The molecule has 0 saturated heterocycles. The number of unbranched alkanes of at least 4 members (excludes halogenated alkanes) is 17. The van der Waals surface area contributed by atoms with Gasteiger partial charge in [-0.2, -0.15) is 0 Å². The van der Waals surface area contributed by atoms with Crippen LogP contribution in [0.3, 0.4) is 0 Å². The molecule has 0 aliphatic carbocycles. The zero-order valence-corrected chi connectivity index (χ0v) is 16.9. The van der Waals surface area contributed by atoms with Crippen LogP contribution in [-0.4, -0.2) is 13.1 Å². The topological polar surface area (TPSA) is 12.0 Å². The monoisotopic (exact) mass is 337 g/mol. The van der Waals surface area contributed by atoms with E-state index in [0.29, 0.717) is 0 Å². The van der Waals surface area contributed by atoms with E-state index in [2.05, 4.69) is 18.8 Å². The molecule has 24 heavy (non-hydrogen) atoms. The maximum absolute atomic E-state index is 3.72. The SMILES string of the molecule is C=CCNCCCCCCCCCCCCCCCCCCCC. The number of hydrogen-bond donors (Lipinski definition) is 1. The van der Waals surface area contributed by atoms with Crippen molar-refractivity contribution in [3.05, 3.63) is 12.7 Å². The lowest BCUT2D eigenvalue weighted by Gasteiger charge is -2.04. The fourth-order valence-corrected chi connectivity index (χ4v) is 3.36. The fraction of sp³-hybridized carbons (Fsp3) is 0.913. The quantitative estimate of drug-likeness (QED) is 0.166. The van der Waals surface area contributed by atoms with Gasteiger partial charge in [-0.1, -0.05) is 122 Å². The molecule has 0 radical (unpaired) electrons. The second kappa shape index (κ2) is 22.7. The molecule has 0 fully saturated rings. The first-order chi connectivity index (χ1) is 11.9. The van der Waals surface area contributed by atoms with E-state index in [1.54, 1.807) is 0 Å². The van der Waals surface area contributed by atoms with E-state index in [9.17, 15) is 0 Å². The van der Waals surface area contributed by atoms with E-state index in [1.807, 2.05) is 6.08 Å². The molecule has 144 valence electrons. The minimum absolute atomic E-state index is 0.957. The molecule has 1 N–H and O–H groups in total. The molecule has 0 unspecified atom stereocenters. The maximum Gasteiger partial charge on any atom is 0.0132 e. The highest BCUT2D eigenvalue weighted by Gasteiger charge is 1.95. The Hall–Kier alpha value is -0.300. The van der Waals surface area contributed by atoms with Crippen LogP contribution in [0.1, 0.15) is 122 Å². The van der Waals surface area contributed by atoms with Gasteiger partial charge in [0.25, 0.3) is 0 Å². The van der Waals surface area contributed by atoms with Gasteiger partial charge in [-0.3, -0.25) is 0 Å². The average Bonchev–Trinajstić information content (AvgIpc) is 2.60. The Morgan fingerprint density at radius 2 is 0.875 bits per heavy atom. The third-order valence-corrected chi connectivity index (χ3v) is 5.00. The summed E-state index contributed by atoms with van der Waals surface area (Å²) in [5.41, 5.74) is 0. The molecular formula is C23H47N. The van der Waals surface area contributed by atoms with Crippen LogP contribution in [0.5, 0.6) is 0 Å². The van der Waals surface area contributed by atoms with Crippen molar-refractivity contribution in [3.8, 4) is 0 Å². The van der Waals surface area contributed by atoms with Crippen molar-refractivity contribution in [2.75, 3.05) is 13.1 Å². The molecule has 0 aliphatic heterocycles. The van der Waals surface area contributed by atoms with Gasteiger partial charge in [0.15, 0.2) is 0 Å². The van der Waals surface area contributed by atoms with Crippen LogP contribution in [-0.2, 0) is 0 Å². The van der Waals surface area contributed by atoms with E-state index in [1.165, 1.54) is 116 Å². The van der Waals surface area contributed by atoms with Gasteiger partial charge in [0, 0.05) is 6.54 Å². The number of rotatable bonds is 21. The van der Waals surface area contributed by atoms with Crippen molar-refractivity contribution in [2.24, 2.45) is 0 Å². The largest absolute Gasteiger partial charge is 0.313 e. The lowest BCUT2D eigenvalue weighted by Crippen LogP contribution is -2.14. The molecule has 0 aromatic carbocycles. The number of nitrogens with one attached hydrogen (secondary N) is 1. The second-order valence-corrected chi connectivity index (χ2v) is 7.50.